The van der Waals surface area contributed by atoms with Crippen molar-refractivity contribution in [1.82, 2.24) is 5.32 Å². The molecule has 0 radical (unpaired) electrons. The second kappa shape index (κ2) is 5.83. The van der Waals surface area contributed by atoms with Gasteiger partial charge in [0.25, 0.3) is 0 Å². The summed E-state index contributed by atoms with van der Waals surface area (Å²) in [5.74, 6) is 0.228. The molecule has 1 saturated carbocycles. The van der Waals surface area contributed by atoms with Crippen LogP contribution in [0.15, 0.2) is 0 Å². The first-order valence-corrected chi connectivity index (χ1v) is 6.40. The Morgan fingerprint density at radius 1 is 1.47 bits per heavy atom. The average Bonchev–Trinajstić information content (AvgIpc) is 2.63. The fraction of sp³-hybridized carbons (Fsp3) is 0.923. The van der Waals surface area contributed by atoms with Gasteiger partial charge in [-0.3, -0.25) is 4.79 Å². The largest absolute Gasteiger partial charge is 0.379 e. The molecule has 1 aliphatic rings. The van der Waals surface area contributed by atoms with Gasteiger partial charge in [-0.2, -0.15) is 0 Å². The van der Waals surface area contributed by atoms with Crippen molar-refractivity contribution in [2.24, 2.45) is 17.1 Å². The maximum atomic E-state index is 11.9. The fourth-order valence-corrected chi connectivity index (χ4v) is 2.34. The zero-order chi connectivity index (χ0) is 13.1. The van der Waals surface area contributed by atoms with Crippen molar-refractivity contribution in [3.8, 4) is 0 Å². The maximum absolute atomic E-state index is 11.9. The minimum absolute atomic E-state index is 0.0358. The van der Waals surface area contributed by atoms with Gasteiger partial charge < -0.3 is 15.8 Å². The van der Waals surface area contributed by atoms with Gasteiger partial charge >= 0.3 is 0 Å². The van der Waals surface area contributed by atoms with E-state index in [-0.39, 0.29) is 29.4 Å². The van der Waals surface area contributed by atoms with Gasteiger partial charge in [0.15, 0.2) is 0 Å². The SMILES string of the molecule is COC(CNC(=O)C1CCC(N)C1)C(C)(C)C. The summed E-state index contributed by atoms with van der Waals surface area (Å²) in [6, 6.07) is 0.201. The van der Waals surface area contributed by atoms with Crippen molar-refractivity contribution < 1.29 is 9.53 Å². The highest BCUT2D eigenvalue weighted by atomic mass is 16.5. The predicted octanol–water partition coefficient (Wildman–Crippen LogP) is 1.29. The Labute approximate surface area is 104 Å². The summed E-state index contributed by atoms with van der Waals surface area (Å²) in [7, 11) is 1.69. The van der Waals surface area contributed by atoms with E-state index in [4.69, 9.17) is 10.5 Å². The smallest absolute Gasteiger partial charge is 0.223 e. The normalized spacial score (nSPS) is 26.9. The van der Waals surface area contributed by atoms with Crippen LogP contribution in [0.5, 0.6) is 0 Å². The second-order valence-electron chi connectivity index (χ2n) is 6.11. The summed E-state index contributed by atoms with van der Waals surface area (Å²) in [5, 5.41) is 2.98. The third kappa shape index (κ3) is 4.28. The molecule has 3 unspecified atom stereocenters. The number of hydrogen-bond acceptors (Lipinski definition) is 3. The fourth-order valence-electron chi connectivity index (χ4n) is 2.34. The van der Waals surface area contributed by atoms with Gasteiger partial charge in [0.2, 0.25) is 5.91 Å². The first kappa shape index (κ1) is 14.5. The molecule has 1 fully saturated rings. The van der Waals surface area contributed by atoms with Crippen LogP contribution in [0.25, 0.3) is 0 Å². The Hall–Kier alpha value is -0.610. The van der Waals surface area contributed by atoms with E-state index in [0.717, 1.165) is 19.3 Å². The zero-order valence-electron chi connectivity index (χ0n) is 11.5. The summed E-state index contributed by atoms with van der Waals surface area (Å²) in [5.41, 5.74) is 5.85. The van der Waals surface area contributed by atoms with E-state index in [9.17, 15) is 4.79 Å². The van der Waals surface area contributed by atoms with Crippen LogP contribution < -0.4 is 11.1 Å². The lowest BCUT2D eigenvalue weighted by Crippen LogP contribution is -2.42. The van der Waals surface area contributed by atoms with Crippen molar-refractivity contribution in [1.29, 1.82) is 0 Å². The molecule has 4 nitrogen and oxygen atoms in total. The molecule has 4 heteroatoms. The lowest BCUT2D eigenvalue weighted by Gasteiger charge is -2.29. The lowest BCUT2D eigenvalue weighted by molar-refractivity contribution is -0.125. The molecule has 3 N–H and O–H groups in total. The number of methoxy groups -OCH3 is 1. The molecule has 0 aliphatic heterocycles. The maximum Gasteiger partial charge on any atom is 0.223 e. The van der Waals surface area contributed by atoms with Crippen LogP contribution in [0.3, 0.4) is 0 Å². The van der Waals surface area contributed by atoms with Gasteiger partial charge in [0.1, 0.15) is 0 Å². The third-order valence-corrected chi connectivity index (χ3v) is 3.56. The number of nitrogens with two attached hydrogens (primary N) is 1. The lowest BCUT2D eigenvalue weighted by atomic mass is 9.89. The summed E-state index contributed by atoms with van der Waals surface area (Å²) in [6.45, 7) is 6.90. The van der Waals surface area contributed by atoms with Gasteiger partial charge in [0.05, 0.1) is 6.10 Å². The molecular weight excluding hydrogens is 216 g/mol. The Balaban J connectivity index is 2.37. The second-order valence-corrected chi connectivity index (χ2v) is 6.11. The minimum Gasteiger partial charge on any atom is -0.379 e. The number of carbonyl (C=O) groups is 1. The molecule has 0 bridgehead atoms. The quantitative estimate of drug-likeness (QED) is 0.781. The molecule has 1 aliphatic carbocycles. The van der Waals surface area contributed by atoms with Gasteiger partial charge in [-0.15, -0.1) is 0 Å². The van der Waals surface area contributed by atoms with Gasteiger partial charge in [-0.05, 0) is 24.7 Å². The molecule has 100 valence electrons. The Bertz CT molecular complexity index is 261. The summed E-state index contributed by atoms with van der Waals surface area (Å²) in [6.07, 6.45) is 2.74. The molecule has 1 rings (SSSR count). The summed E-state index contributed by atoms with van der Waals surface area (Å²) >= 11 is 0. The Morgan fingerprint density at radius 2 is 2.12 bits per heavy atom. The zero-order valence-corrected chi connectivity index (χ0v) is 11.5. The number of nitrogens with one attached hydrogen (secondary N) is 1. The predicted molar refractivity (Wildman–Crippen MR) is 68.6 cm³/mol. The molecule has 17 heavy (non-hydrogen) atoms. The Morgan fingerprint density at radius 3 is 2.53 bits per heavy atom. The van der Waals surface area contributed by atoms with E-state index in [1.54, 1.807) is 7.11 Å². The van der Waals surface area contributed by atoms with E-state index in [1.165, 1.54) is 0 Å². The molecule has 0 aromatic carbocycles. The van der Waals surface area contributed by atoms with Gasteiger partial charge in [0, 0.05) is 25.6 Å². The highest BCUT2D eigenvalue weighted by molar-refractivity contribution is 5.79. The first-order valence-electron chi connectivity index (χ1n) is 6.40. The van der Waals surface area contributed by atoms with Gasteiger partial charge in [-0.1, -0.05) is 20.8 Å². The number of hydrogen-bond donors (Lipinski definition) is 2. The number of rotatable bonds is 4. The van der Waals surface area contributed by atoms with Crippen molar-refractivity contribution in [3.63, 3.8) is 0 Å². The van der Waals surface area contributed by atoms with Crippen molar-refractivity contribution in [2.45, 2.75) is 52.2 Å². The van der Waals surface area contributed by atoms with Crippen molar-refractivity contribution in [2.75, 3.05) is 13.7 Å². The molecule has 0 aromatic rings. The molecule has 3 atom stereocenters. The van der Waals surface area contributed by atoms with E-state index in [2.05, 4.69) is 26.1 Å². The summed E-state index contributed by atoms with van der Waals surface area (Å²) in [4.78, 5) is 11.9. The number of carbonyl (C=O) groups excluding carboxylic acids is 1. The monoisotopic (exact) mass is 242 g/mol. The first-order chi connectivity index (χ1) is 7.84. The molecule has 0 heterocycles. The van der Waals surface area contributed by atoms with Crippen LogP contribution in [0.1, 0.15) is 40.0 Å². The number of ether oxygens (including phenoxy) is 1. The van der Waals surface area contributed by atoms with Crippen molar-refractivity contribution >= 4 is 5.91 Å². The Kier molecular flexibility index (Phi) is 4.95. The molecule has 0 saturated heterocycles. The average molecular weight is 242 g/mol. The summed E-state index contributed by atoms with van der Waals surface area (Å²) < 4.78 is 5.41. The number of amides is 1. The van der Waals surface area contributed by atoms with Crippen LogP contribution in [0.2, 0.25) is 0 Å². The van der Waals surface area contributed by atoms with Crippen LogP contribution in [0.4, 0.5) is 0 Å². The molecule has 0 spiro atoms. The third-order valence-electron chi connectivity index (χ3n) is 3.56. The van der Waals surface area contributed by atoms with E-state index in [1.807, 2.05) is 0 Å². The van der Waals surface area contributed by atoms with Gasteiger partial charge in [-0.25, -0.2) is 0 Å². The van der Waals surface area contributed by atoms with Crippen LogP contribution >= 0.6 is 0 Å². The van der Waals surface area contributed by atoms with Crippen molar-refractivity contribution in [3.05, 3.63) is 0 Å². The van der Waals surface area contributed by atoms with E-state index in [0.29, 0.717) is 6.54 Å². The highest BCUT2D eigenvalue weighted by Gasteiger charge is 2.29. The standard InChI is InChI=1S/C13H26N2O2/c1-13(2,3)11(17-4)8-15-12(16)9-5-6-10(14)7-9/h9-11H,5-8,14H2,1-4H3,(H,15,16). The molecule has 0 aromatic heterocycles. The highest BCUT2D eigenvalue weighted by Crippen LogP contribution is 2.25. The minimum atomic E-state index is 0.0358. The van der Waals surface area contributed by atoms with Crippen LogP contribution in [-0.4, -0.2) is 31.7 Å². The van der Waals surface area contributed by atoms with E-state index >= 15 is 0 Å². The van der Waals surface area contributed by atoms with E-state index < -0.39 is 0 Å². The van der Waals surface area contributed by atoms with Crippen LogP contribution in [0, 0.1) is 11.3 Å². The molecular formula is C13H26N2O2. The van der Waals surface area contributed by atoms with Crippen LogP contribution in [-0.2, 0) is 9.53 Å². The topological polar surface area (TPSA) is 64.3 Å². The molecule has 1 amide bonds.